The Morgan fingerprint density at radius 3 is 2.64 bits per heavy atom. The van der Waals surface area contributed by atoms with Crippen molar-refractivity contribution in [1.82, 2.24) is 5.32 Å². The van der Waals surface area contributed by atoms with Crippen molar-refractivity contribution in [2.75, 3.05) is 18.9 Å². The van der Waals surface area contributed by atoms with E-state index in [0.717, 1.165) is 25.8 Å². The van der Waals surface area contributed by atoms with Gasteiger partial charge in [-0.15, -0.1) is 12.4 Å². The van der Waals surface area contributed by atoms with Crippen molar-refractivity contribution < 1.29 is 13.2 Å². The van der Waals surface area contributed by atoms with E-state index in [1.165, 1.54) is 0 Å². The zero-order valence-electron chi connectivity index (χ0n) is 7.94. The molecule has 2 rings (SSSR count). The molecule has 2 fully saturated rings. The molecule has 2 heterocycles. The molecule has 2 aliphatic heterocycles. The van der Waals surface area contributed by atoms with Crippen molar-refractivity contribution in [3.63, 3.8) is 0 Å². The van der Waals surface area contributed by atoms with Gasteiger partial charge in [0.2, 0.25) is 0 Å². The van der Waals surface area contributed by atoms with Gasteiger partial charge in [-0.1, -0.05) is 6.42 Å². The lowest BCUT2D eigenvalue weighted by Crippen LogP contribution is -2.44. The van der Waals surface area contributed by atoms with E-state index >= 15 is 0 Å². The molecule has 4 nitrogen and oxygen atoms in total. The van der Waals surface area contributed by atoms with E-state index in [9.17, 15) is 8.42 Å². The van der Waals surface area contributed by atoms with Gasteiger partial charge in [-0.25, -0.2) is 8.42 Å². The maximum Gasteiger partial charge on any atom is 0.157 e. The highest BCUT2D eigenvalue weighted by Crippen LogP contribution is 2.23. The van der Waals surface area contributed by atoms with Crippen molar-refractivity contribution in [2.24, 2.45) is 0 Å². The Bertz CT molecular complexity index is 274. The Labute approximate surface area is 90.7 Å². The van der Waals surface area contributed by atoms with Gasteiger partial charge < -0.3 is 4.74 Å². The second kappa shape index (κ2) is 4.79. The first-order valence-electron chi connectivity index (χ1n) is 4.77. The molecular weight excluding hydrogens is 226 g/mol. The largest absolute Gasteiger partial charge is 0.361 e. The van der Waals surface area contributed by atoms with Crippen molar-refractivity contribution in [3.8, 4) is 0 Å². The fourth-order valence-electron chi connectivity index (χ4n) is 2.00. The summed E-state index contributed by atoms with van der Waals surface area (Å²) in [6.45, 7) is 1.41. The summed E-state index contributed by atoms with van der Waals surface area (Å²) in [4.78, 5) is 0. The Kier molecular flexibility index (Phi) is 4.18. The molecule has 84 valence electrons. The summed E-state index contributed by atoms with van der Waals surface area (Å²) in [5.41, 5.74) is 0. The Balaban J connectivity index is 0.000000980. The molecule has 0 aromatic heterocycles. The summed E-state index contributed by atoms with van der Waals surface area (Å²) in [6, 6.07) is 0. The summed E-state index contributed by atoms with van der Waals surface area (Å²) in [6.07, 6.45) is 2.32. The molecule has 0 aromatic carbocycles. The molecule has 0 aromatic rings. The molecule has 2 aliphatic rings. The summed E-state index contributed by atoms with van der Waals surface area (Å²) in [5.74, 6) is 0.333. The van der Waals surface area contributed by atoms with E-state index in [1.807, 2.05) is 0 Å². The van der Waals surface area contributed by atoms with Crippen LogP contribution in [0.1, 0.15) is 19.3 Å². The average Bonchev–Trinajstić information content (AvgIpc) is 2.55. The van der Waals surface area contributed by atoms with Crippen LogP contribution in [0.2, 0.25) is 0 Å². The Hall–Kier alpha value is 0.160. The third-order valence-electron chi connectivity index (χ3n) is 2.71. The number of hydrogen-bond donors (Lipinski definition) is 1. The lowest BCUT2D eigenvalue weighted by atomic mass is 10.2. The van der Waals surface area contributed by atoms with Crippen LogP contribution in [0, 0.1) is 0 Å². The highest BCUT2D eigenvalue weighted by molar-refractivity contribution is 7.92. The molecule has 0 radical (unpaired) electrons. The highest BCUT2D eigenvalue weighted by Gasteiger charge is 2.37. The van der Waals surface area contributed by atoms with Crippen molar-refractivity contribution >= 4 is 22.2 Å². The van der Waals surface area contributed by atoms with Gasteiger partial charge in [0, 0.05) is 6.54 Å². The molecule has 0 amide bonds. The van der Waals surface area contributed by atoms with Crippen LogP contribution in [-0.4, -0.2) is 38.8 Å². The molecule has 0 saturated carbocycles. The third-order valence-corrected chi connectivity index (χ3v) is 4.97. The van der Waals surface area contributed by atoms with E-state index in [-0.39, 0.29) is 23.9 Å². The van der Waals surface area contributed by atoms with Gasteiger partial charge in [0.25, 0.3) is 0 Å². The average molecular weight is 242 g/mol. The van der Waals surface area contributed by atoms with Crippen molar-refractivity contribution in [2.45, 2.75) is 30.7 Å². The third kappa shape index (κ3) is 2.39. The number of nitrogens with one attached hydrogen (secondary N) is 1. The van der Waals surface area contributed by atoms with Crippen LogP contribution in [0.3, 0.4) is 0 Å². The summed E-state index contributed by atoms with van der Waals surface area (Å²) >= 11 is 0. The minimum atomic E-state index is -2.89. The topological polar surface area (TPSA) is 55.4 Å². The molecule has 1 N–H and O–H groups in total. The standard InChI is InChI=1S/C8H15NO3S.ClH/c10-13(11)6-2-1-3-7(13)8-9-4-5-12-8;/h7-9H,1-6H2;1H. The summed E-state index contributed by atoms with van der Waals surface area (Å²) in [7, 11) is -2.89. The minimum absolute atomic E-state index is 0. The van der Waals surface area contributed by atoms with Gasteiger partial charge >= 0.3 is 0 Å². The van der Waals surface area contributed by atoms with Crippen molar-refractivity contribution in [1.29, 1.82) is 0 Å². The maximum absolute atomic E-state index is 11.6. The van der Waals surface area contributed by atoms with Crippen LogP contribution in [0.4, 0.5) is 0 Å². The van der Waals surface area contributed by atoms with E-state index in [0.29, 0.717) is 12.4 Å². The fourth-order valence-corrected chi connectivity index (χ4v) is 3.99. The zero-order valence-corrected chi connectivity index (χ0v) is 9.57. The number of ether oxygens (including phenoxy) is 1. The molecule has 0 aliphatic carbocycles. The lowest BCUT2D eigenvalue weighted by molar-refractivity contribution is 0.0934. The van der Waals surface area contributed by atoms with Crippen LogP contribution in [0.15, 0.2) is 0 Å². The SMILES string of the molecule is Cl.O=S1(=O)CCCCC1C1NCCO1. The Morgan fingerprint density at radius 1 is 1.29 bits per heavy atom. The van der Waals surface area contributed by atoms with Gasteiger partial charge in [0.15, 0.2) is 9.84 Å². The second-order valence-electron chi connectivity index (χ2n) is 3.65. The first-order chi connectivity index (χ1) is 6.20. The van der Waals surface area contributed by atoms with Crippen LogP contribution in [0.5, 0.6) is 0 Å². The van der Waals surface area contributed by atoms with E-state index in [1.54, 1.807) is 0 Å². The van der Waals surface area contributed by atoms with Crippen LogP contribution in [-0.2, 0) is 14.6 Å². The lowest BCUT2D eigenvalue weighted by Gasteiger charge is -2.26. The number of halogens is 1. The zero-order chi connectivity index (χ0) is 9.31. The van der Waals surface area contributed by atoms with Crippen LogP contribution in [0.25, 0.3) is 0 Å². The molecule has 0 bridgehead atoms. The van der Waals surface area contributed by atoms with Gasteiger partial charge in [-0.3, -0.25) is 5.32 Å². The molecule has 6 heteroatoms. The summed E-state index contributed by atoms with van der Waals surface area (Å²) < 4.78 is 28.6. The predicted octanol–water partition coefficient (Wildman–Crippen LogP) is 0.321. The van der Waals surface area contributed by atoms with Gasteiger partial charge in [-0.2, -0.15) is 0 Å². The highest BCUT2D eigenvalue weighted by atomic mass is 35.5. The number of hydrogen-bond acceptors (Lipinski definition) is 4. The smallest absolute Gasteiger partial charge is 0.157 e. The normalized spacial score (nSPS) is 36.3. The van der Waals surface area contributed by atoms with Crippen LogP contribution >= 0.6 is 12.4 Å². The predicted molar refractivity (Wildman–Crippen MR) is 56.4 cm³/mol. The van der Waals surface area contributed by atoms with Gasteiger partial charge in [0.05, 0.1) is 12.4 Å². The molecule has 2 unspecified atom stereocenters. The van der Waals surface area contributed by atoms with E-state index < -0.39 is 9.84 Å². The minimum Gasteiger partial charge on any atom is -0.361 e. The molecule has 14 heavy (non-hydrogen) atoms. The molecule has 0 spiro atoms. The molecule has 2 saturated heterocycles. The van der Waals surface area contributed by atoms with E-state index in [4.69, 9.17) is 4.74 Å². The van der Waals surface area contributed by atoms with Gasteiger partial charge in [0.1, 0.15) is 11.5 Å². The fraction of sp³-hybridized carbons (Fsp3) is 1.00. The monoisotopic (exact) mass is 241 g/mol. The quantitative estimate of drug-likeness (QED) is 0.719. The maximum atomic E-state index is 11.6. The van der Waals surface area contributed by atoms with E-state index in [2.05, 4.69) is 5.32 Å². The molecular formula is C8H16ClNO3S. The first kappa shape index (κ1) is 12.2. The number of sulfone groups is 1. The summed E-state index contributed by atoms with van der Waals surface area (Å²) in [5, 5.41) is 2.78. The number of rotatable bonds is 1. The van der Waals surface area contributed by atoms with Gasteiger partial charge in [-0.05, 0) is 12.8 Å². The van der Waals surface area contributed by atoms with Crippen molar-refractivity contribution in [3.05, 3.63) is 0 Å². The van der Waals surface area contributed by atoms with Crippen LogP contribution < -0.4 is 5.32 Å². The Morgan fingerprint density at radius 2 is 2.07 bits per heavy atom. The molecule has 2 atom stereocenters. The second-order valence-corrected chi connectivity index (χ2v) is 5.99. The first-order valence-corrected chi connectivity index (χ1v) is 6.48.